The molecule has 1 aromatic carbocycles. The van der Waals surface area contributed by atoms with Crippen molar-refractivity contribution < 1.29 is 4.74 Å². The van der Waals surface area contributed by atoms with E-state index in [2.05, 4.69) is 31.9 Å². The standard InChI is InChI=1S/C20H17N5OS/c1-26-14-5-3-13(4-6-14)12-25-16-9-17-20(15(16)11-23-25)24-19(27-17)10-18-21-7-2-8-22-18/h2-8,11H,9-10,12H2,1H3. The van der Waals surface area contributed by atoms with Gasteiger partial charge in [0.2, 0.25) is 0 Å². The fourth-order valence-corrected chi connectivity index (χ4v) is 4.43. The van der Waals surface area contributed by atoms with Crippen molar-refractivity contribution in [3.05, 3.63) is 75.9 Å². The lowest BCUT2D eigenvalue weighted by Gasteiger charge is -2.07. The normalized spacial score (nSPS) is 12.0. The molecule has 0 saturated heterocycles. The first-order valence-corrected chi connectivity index (χ1v) is 9.54. The molecule has 0 aliphatic heterocycles. The molecule has 4 aromatic rings. The first kappa shape index (κ1) is 16.1. The van der Waals surface area contributed by atoms with Crippen molar-refractivity contribution in [2.24, 2.45) is 0 Å². The van der Waals surface area contributed by atoms with Crippen LogP contribution < -0.4 is 4.74 Å². The van der Waals surface area contributed by atoms with Gasteiger partial charge < -0.3 is 4.74 Å². The molecule has 6 nitrogen and oxygen atoms in total. The zero-order valence-corrected chi connectivity index (χ0v) is 15.6. The molecule has 3 heterocycles. The lowest BCUT2D eigenvalue weighted by atomic mass is 10.2. The Kier molecular flexibility index (Phi) is 3.94. The Hall–Kier alpha value is -3.06. The second-order valence-electron chi connectivity index (χ2n) is 6.41. The van der Waals surface area contributed by atoms with Gasteiger partial charge in [0, 0.05) is 29.3 Å². The van der Waals surface area contributed by atoms with Gasteiger partial charge in [-0.1, -0.05) is 12.1 Å². The number of rotatable bonds is 5. The highest BCUT2D eigenvalue weighted by atomic mass is 32.1. The summed E-state index contributed by atoms with van der Waals surface area (Å²) in [5.41, 5.74) is 4.66. The zero-order chi connectivity index (χ0) is 18.2. The van der Waals surface area contributed by atoms with E-state index in [0.717, 1.165) is 40.8 Å². The van der Waals surface area contributed by atoms with Gasteiger partial charge in [-0.3, -0.25) is 4.68 Å². The molecule has 0 bridgehead atoms. The van der Waals surface area contributed by atoms with Gasteiger partial charge in [-0.15, -0.1) is 11.3 Å². The highest BCUT2D eigenvalue weighted by molar-refractivity contribution is 7.12. The molecule has 0 atom stereocenters. The summed E-state index contributed by atoms with van der Waals surface area (Å²) in [5, 5.41) is 5.65. The summed E-state index contributed by atoms with van der Waals surface area (Å²) in [6.07, 6.45) is 7.03. The van der Waals surface area contributed by atoms with Crippen LogP contribution in [0.5, 0.6) is 5.75 Å². The maximum Gasteiger partial charge on any atom is 0.134 e. The van der Waals surface area contributed by atoms with E-state index in [0.29, 0.717) is 6.42 Å². The summed E-state index contributed by atoms with van der Waals surface area (Å²) in [6, 6.07) is 9.95. The van der Waals surface area contributed by atoms with Gasteiger partial charge >= 0.3 is 0 Å². The van der Waals surface area contributed by atoms with Crippen LogP contribution in [0.1, 0.15) is 27.0 Å². The number of thiazole rings is 1. The van der Waals surface area contributed by atoms with Crippen LogP contribution in [0, 0.1) is 0 Å². The van der Waals surface area contributed by atoms with E-state index in [1.807, 2.05) is 24.4 Å². The van der Waals surface area contributed by atoms with Gasteiger partial charge in [0.1, 0.15) is 16.6 Å². The third-order valence-electron chi connectivity index (χ3n) is 4.69. The van der Waals surface area contributed by atoms with Crippen molar-refractivity contribution in [3.8, 4) is 17.0 Å². The van der Waals surface area contributed by atoms with E-state index in [1.54, 1.807) is 30.8 Å². The summed E-state index contributed by atoms with van der Waals surface area (Å²) in [6.45, 7) is 0.749. The maximum atomic E-state index is 5.23. The minimum absolute atomic E-state index is 0.674. The number of ether oxygens (including phenoxy) is 1. The lowest BCUT2D eigenvalue weighted by Crippen LogP contribution is -2.05. The number of aromatic nitrogens is 5. The predicted molar refractivity (Wildman–Crippen MR) is 103 cm³/mol. The minimum Gasteiger partial charge on any atom is -0.497 e. The first-order chi connectivity index (χ1) is 13.3. The average Bonchev–Trinajstić information content (AvgIpc) is 3.35. The van der Waals surface area contributed by atoms with Gasteiger partial charge in [0.15, 0.2) is 0 Å². The van der Waals surface area contributed by atoms with Crippen LogP contribution in [0.3, 0.4) is 0 Å². The highest BCUT2D eigenvalue weighted by Crippen LogP contribution is 2.39. The van der Waals surface area contributed by atoms with Crippen molar-refractivity contribution in [3.63, 3.8) is 0 Å². The summed E-state index contributed by atoms with van der Waals surface area (Å²) < 4.78 is 7.30. The van der Waals surface area contributed by atoms with E-state index in [4.69, 9.17) is 9.72 Å². The second-order valence-corrected chi connectivity index (χ2v) is 7.58. The van der Waals surface area contributed by atoms with Crippen molar-refractivity contribution in [2.45, 2.75) is 19.4 Å². The summed E-state index contributed by atoms with van der Waals surface area (Å²) in [7, 11) is 1.68. The van der Waals surface area contributed by atoms with Gasteiger partial charge in [-0.05, 0) is 23.8 Å². The van der Waals surface area contributed by atoms with E-state index in [1.165, 1.54) is 16.1 Å². The zero-order valence-electron chi connectivity index (χ0n) is 14.8. The Balaban J connectivity index is 1.38. The maximum absolute atomic E-state index is 5.23. The van der Waals surface area contributed by atoms with Crippen molar-refractivity contribution >= 4 is 11.3 Å². The smallest absolute Gasteiger partial charge is 0.134 e. The molecule has 3 aromatic heterocycles. The number of methoxy groups -OCH3 is 1. The molecule has 1 aliphatic rings. The van der Waals surface area contributed by atoms with E-state index < -0.39 is 0 Å². The molecule has 0 amide bonds. The third-order valence-corrected chi connectivity index (χ3v) is 5.75. The third kappa shape index (κ3) is 3.00. The minimum atomic E-state index is 0.674. The Morgan fingerprint density at radius 3 is 2.74 bits per heavy atom. The molecule has 0 spiro atoms. The van der Waals surface area contributed by atoms with E-state index in [-0.39, 0.29) is 0 Å². The molecule has 7 heteroatoms. The van der Waals surface area contributed by atoms with Crippen LogP contribution in [0.15, 0.2) is 48.9 Å². The van der Waals surface area contributed by atoms with Crippen LogP contribution in [0.4, 0.5) is 0 Å². The number of hydrogen-bond acceptors (Lipinski definition) is 6. The van der Waals surface area contributed by atoms with Crippen LogP contribution in [-0.4, -0.2) is 31.8 Å². The Morgan fingerprint density at radius 1 is 1.15 bits per heavy atom. The largest absolute Gasteiger partial charge is 0.497 e. The van der Waals surface area contributed by atoms with Gasteiger partial charge in [0.25, 0.3) is 0 Å². The molecule has 0 fully saturated rings. The molecule has 27 heavy (non-hydrogen) atoms. The molecule has 0 radical (unpaired) electrons. The van der Waals surface area contributed by atoms with Crippen molar-refractivity contribution in [2.75, 3.05) is 7.11 Å². The molecular weight excluding hydrogens is 358 g/mol. The topological polar surface area (TPSA) is 65.7 Å². The molecule has 0 N–H and O–H groups in total. The summed E-state index contributed by atoms with van der Waals surface area (Å²) in [5.74, 6) is 1.67. The SMILES string of the molecule is COc1ccc(Cn2ncc3c2Cc2sc(Cc4ncccn4)nc2-3)cc1. The Labute approximate surface area is 160 Å². The number of benzene rings is 1. The van der Waals surface area contributed by atoms with E-state index >= 15 is 0 Å². The lowest BCUT2D eigenvalue weighted by molar-refractivity contribution is 0.414. The van der Waals surface area contributed by atoms with E-state index in [9.17, 15) is 0 Å². The fraction of sp³-hybridized carbons (Fsp3) is 0.200. The fourth-order valence-electron chi connectivity index (χ4n) is 3.35. The average molecular weight is 375 g/mol. The number of fused-ring (bicyclic) bond motifs is 3. The van der Waals surface area contributed by atoms with Crippen molar-refractivity contribution in [1.29, 1.82) is 0 Å². The highest BCUT2D eigenvalue weighted by Gasteiger charge is 2.27. The van der Waals surface area contributed by atoms with Crippen LogP contribution in [0.25, 0.3) is 11.3 Å². The molecule has 5 rings (SSSR count). The Bertz CT molecular complexity index is 1090. The molecule has 134 valence electrons. The van der Waals surface area contributed by atoms with Gasteiger partial charge in [0.05, 0.1) is 37.7 Å². The first-order valence-electron chi connectivity index (χ1n) is 8.72. The van der Waals surface area contributed by atoms with Crippen LogP contribution in [-0.2, 0) is 19.4 Å². The van der Waals surface area contributed by atoms with Gasteiger partial charge in [-0.2, -0.15) is 5.10 Å². The summed E-state index contributed by atoms with van der Waals surface area (Å²) in [4.78, 5) is 14.7. The summed E-state index contributed by atoms with van der Waals surface area (Å²) >= 11 is 1.75. The second kappa shape index (κ2) is 6.59. The predicted octanol–water partition coefficient (Wildman–Crippen LogP) is 3.35. The van der Waals surface area contributed by atoms with Crippen molar-refractivity contribution in [1.82, 2.24) is 24.7 Å². The van der Waals surface area contributed by atoms with Crippen LogP contribution in [0.2, 0.25) is 0 Å². The molecule has 0 saturated carbocycles. The quantitative estimate of drug-likeness (QED) is 0.471. The number of hydrogen-bond donors (Lipinski definition) is 0. The van der Waals surface area contributed by atoms with Crippen LogP contribution >= 0.6 is 11.3 Å². The molecule has 1 aliphatic carbocycles. The molecule has 0 unspecified atom stereocenters. The molecular formula is C20H17N5OS. The number of nitrogens with zero attached hydrogens (tertiary/aromatic N) is 5. The monoisotopic (exact) mass is 375 g/mol. The van der Waals surface area contributed by atoms with Gasteiger partial charge in [-0.25, -0.2) is 15.0 Å². The Morgan fingerprint density at radius 2 is 1.96 bits per heavy atom.